The monoisotopic (exact) mass is 502 g/mol. The molecule has 1 aromatic heterocycles. The summed E-state index contributed by atoms with van der Waals surface area (Å²) in [6.45, 7) is 6.38. The van der Waals surface area contributed by atoms with Crippen LogP contribution in [0.25, 0.3) is 6.08 Å². The van der Waals surface area contributed by atoms with E-state index in [-0.39, 0.29) is 24.4 Å². The lowest BCUT2D eigenvalue weighted by molar-refractivity contribution is -0.139. The Morgan fingerprint density at radius 2 is 1.89 bits per heavy atom. The van der Waals surface area contributed by atoms with Crippen LogP contribution in [0.1, 0.15) is 46.5 Å². The average Bonchev–Trinajstić information content (AvgIpc) is 3.38. The molecule has 0 bridgehead atoms. The summed E-state index contributed by atoms with van der Waals surface area (Å²) >= 11 is 1.75. The summed E-state index contributed by atoms with van der Waals surface area (Å²) in [7, 11) is 0. The summed E-state index contributed by atoms with van der Waals surface area (Å²) in [5, 5.41) is 2.11. The summed E-state index contributed by atoms with van der Waals surface area (Å²) in [6.07, 6.45) is 4.89. The molecule has 1 aliphatic rings. The zero-order valence-corrected chi connectivity index (χ0v) is 21.9. The summed E-state index contributed by atoms with van der Waals surface area (Å²) in [5.41, 5.74) is 4.44. The topological polar surface area (TPSA) is 49.9 Å². The van der Waals surface area contributed by atoms with Crippen molar-refractivity contribution in [1.29, 1.82) is 0 Å². The molecule has 2 amide bonds. The molecule has 2 heterocycles. The van der Waals surface area contributed by atoms with E-state index in [0.29, 0.717) is 32.7 Å². The number of fused-ring (bicyclic) bond motifs is 1. The molecular weight excluding hydrogens is 468 g/mol. The molecule has 4 rings (SSSR count). The first-order chi connectivity index (χ1) is 17.6. The zero-order valence-electron chi connectivity index (χ0n) is 21.1. The number of carbonyl (C=O) groups is 2. The van der Waals surface area contributed by atoms with Gasteiger partial charge in [0.25, 0.3) is 0 Å². The largest absolute Gasteiger partial charge is 0.382 e. The molecule has 0 spiro atoms. The maximum absolute atomic E-state index is 13.7. The Bertz CT molecular complexity index is 1170. The average molecular weight is 503 g/mol. The molecule has 3 aromatic rings. The third-order valence-electron chi connectivity index (χ3n) is 6.46. The van der Waals surface area contributed by atoms with Crippen LogP contribution in [0.3, 0.4) is 0 Å². The summed E-state index contributed by atoms with van der Waals surface area (Å²) in [4.78, 5) is 31.8. The molecule has 0 aliphatic carbocycles. The Labute approximate surface area is 218 Å². The molecule has 1 aliphatic heterocycles. The van der Waals surface area contributed by atoms with Crippen LogP contribution in [-0.2, 0) is 20.7 Å². The highest BCUT2D eigenvalue weighted by Crippen LogP contribution is 2.38. The van der Waals surface area contributed by atoms with E-state index in [1.54, 1.807) is 28.4 Å². The highest BCUT2D eigenvalue weighted by molar-refractivity contribution is 7.10. The summed E-state index contributed by atoms with van der Waals surface area (Å²) in [5.74, 6) is -0.195. The molecule has 0 N–H and O–H groups in total. The Morgan fingerprint density at radius 3 is 2.64 bits per heavy atom. The van der Waals surface area contributed by atoms with Gasteiger partial charge in [0.15, 0.2) is 0 Å². The molecule has 1 unspecified atom stereocenters. The van der Waals surface area contributed by atoms with E-state index < -0.39 is 0 Å². The first kappa shape index (κ1) is 25.9. The number of benzene rings is 2. The smallest absolute Gasteiger partial charge is 0.247 e. The van der Waals surface area contributed by atoms with Gasteiger partial charge in [0, 0.05) is 37.3 Å². The first-order valence-electron chi connectivity index (χ1n) is 12.6. The number of hydrogen-bond acceptors (Lipinski definition) is 4. The van der Waals surface area contributed by atoms with Crippen molar-refractivity contribution in [2.45, 2.75) is 32.7 Å². The van der Waals surface area contributed by atoms with Crippen molar-refractivity contribution < 1.29 is 14.3 Å². The van der Waals surface area contributed by atoms with Crippen molar-refractivity contribution in [2.75, 3.05) is 32.8 Å². The molecule has 36 heavy (non-hydrogen) atoms. The lowest BCUT2D eigenvalue weighted by atomic mass is 9.92. The Balaban J connectivity index is 1.54. The van der Waals surface area contributed by atoms with E-state index in [0.717, 1.165) is 17.5 Å². The van der Waals surface area contributed by atoms with Crippen LogP contribution in [-0.4, -0.2) is 54.5 Å². The van der Waals surface area contributed by atoms with Gasteiger partial charge in [-0.3, -0.25) is 9.59 Å². The van der Waals surface area contributed by atoms with E-state index in [1.807, 2.05) is 42.2 Å². The van der Waals surface area contributed by atoms with Crippen molar-refractivity contribution in [3.8, 4) is 0 Å². The predicted octanol–water partition coefficient (Wildman–Crippen LogP) is 5.50. The van der Waals surface area contributed by atoms with Gasteiger partial charge in [-0.25, -0.2) is 0 Å². The van der Waals surface area contributed by atoms with E-state index in [9.17, 15) is 9.59 Å². The molecule has 1 atom stereocenters. The minimum absolute atomic E-state index is 0.0321. The number of thiophene rings is 1. The second kappa shape index (κ2) is 12.7. The van der Waals surface area contributed by atoms with E-state index >= 15 is 0 Å². The quantitative estimate of drug-likeness (QED) is 0.272. The number of hydrogen-bond donors (Lipinski definition) is 0. The zero-order chi connectivity index (χ0) is 25.3. The van der Waals surface area contributed by atoms with Gasteiger partial charge in [0.2, 0.25) is 11.8 Å². The molecule has 6 heteroatoms. The predicted molar refractivity (Wildman–Crippen MR) is 146 cm³/mol. The normalized spacial score (nSPS) is 15.2. The molecule has 0 radical (unpaired) electrons. The van der Waals surface area contributed by atoms with Gasteiger partial charge in [-0.05, 0) is 60.9 Å². The molecular formula is C30H34N2O3S. The van der Waals surface area contributed by atoms with E-state index in [4.69, 9.17) is 4.74 Å². The van der Waals surface area contributed by atoms with Crippen LogP contribution < -0.4 is 0 Å². The van der Waals surface area contributed by atoms with Gasteiger partial charge >= 0.3 is 0 Å². The lowest BCUT2D eigenvalue weighted by Crippen LogP contribution is -2.46. The standard InChI is InChI=1S/C30H34N2O3S/c1-3-35-20-7-18-31(28(33)15-12-24-8-5-4-6-9-24)22-29(34)32-19-16-27-26(17-21-36-27)30(32)25-13-10-23(2)11-14-25/h4-6,8-15,17,21,30H,3,7,16,18-20,22H2,1-2H3. The Morgan fingerprint density at radius 1 is 1.11 bits per heavy atom. The number of carbonyl (C=O) groups excluding carboxylic acids is 2. The Hall–Kier alpha value is -3.22. The Kier molecular flexibility index (Phi) is 9.09. The second-order valence-corrected chi connectivity index (χ2v) is 10.0. The lowest BCUT2D eigenvalue weighted by Gasteiger charge is -2.37. The van der Waals surface area contributed by atoms with Crippen molar-refractivity contribution in [1.82, 2.24) is 9.80 Å². The molecule has 2 aromatic carbocycles. The molecule has 188 valence electrons. The minimum atomic E-state index is -0.163. The van der Waals surface area contributed by atoms with Gasteiger partial charge in [-0.1, -0.05) is 60.2 Å². The van der Waals surface area contributed by atoms with Crippen molar-refractivity contribution in [2.24, 2.45) is 0 Å². The third-order valence-corrected chi connectivity index (χ3v) is 7.45. The van der Waals surface area contributed by atoms with E-state index in [2.05, 4.69) is 42.6 Å². The number of nitrogens with zero attached hydrogens (tertiary/aromatic N) is 2. The second-order valence-electron chi connectivity index (χ2n) is 9.00. The number of rotatable bonds is 10. The van der Waals surface area contributed by atoms with Crippen molar-refractivity contribution in [3.63, 3.8) is 0 Å². The highest BCUT2D eigenvalue weighted by atomic mass is 32.1. The van der Waals surface area contributed by atoms with Crippen molar-refractivity contribution in [3.05, 3.63) is 99.3 Å². The molecule has 0 saturated carbocycles. The molecule has 0 saturated heterocycles. The number of ether oxygens (including phenoxy) is 1. The van der Waals surface area contributed by atoms with Gasteiger partial charge in [-0.2, -0.15) is 0 Å². The summed E-state index contributed by atoms with van der Waals surface area (Å²) < 4.78 is 5.48. The van der Waals surface area contributed by atoms with Gasteiger partial charge in [0.05, 0.1) is 6.04 Å². The first-order valence-corrected chi connectivity index (χ1v) is 13.5. The highest BCUT2D eigenvalue weighted by Gasteiger charge is 2.33. The fourth-order valence-electron chi connectivity index (χ4n) is 4.55. The van der Waals surface area contributed by atoms with Crippen LogP contribution in [0.4, 0.5) is 0 Å². The van der Waals surface area contributed by atoms with Gasteiger partial charge in [0.1, 0.15) is 6.54 Å². The maximum Gasteiger partial charge on any atom is 0.247 e. The van der Waals surface area contributed by atoms with Gasteiger partial charge < -0.3 is 14.5 Å². The van der Waals surface area contributed by atoms with E-state index in [1.165, 1.54) is 16.0 Å². The van der Waals surface area contributed by atoms with Crippen LogP contribution in [0.5, 0.6) is 0 Å². The SMILES string of the molecule is CCOCCCN(CC(=O)N1CCc2sccc2C1c1ccc(C)cc1)C(=O)C=Cc1ccccc1. The van der Waals surface area contributed by atoms with Crippen LogP contribution >= 0.6 is 11.3 Å². The van der Waals surface area contributed by atoms with Crippen LogP contribution in [0.15, 0.2) is 72.1 Å². The number of amides is 2. The van der Waals surface area contributed by atoms with Crippen molar-refractivity contribution >= 4 is 29.2 Å². The third kappa shape index (κ3) is 6.50. The molecule has 5 nitrogen and oxygen atoms in total. The minimum Gasteiger partial charge on any atom is -0.382 e. The van der Waals surface area contributed by atoms with Gasteiger partial charge in [-0.15, -0.1) is 11.3 Å². The molecule has 0 fully saturated rings. The maximum atomic E-state index is 13.7. The number of aryl methyl sites for hydroxylation is 1. The fourth-order valence-corrected chi connectivity index (χ4v) is 5.46. The fraction of sp³-hybridized carbons (Fsp3) is 0.333. The summed E-state index contributed by atoms with van der Waals surface area (Å²) in [6, 6.07) is 20.1. The van der Waals surface area contributed by atoms with Crippen LogP contribution in [0, 0.1) is 6.92 Å². The van der Waals surface area contributed by atoms with Crippen LogP contribution in [0.2, 0.25) is 0 Å².